The Balaban J connectivity index is 1.64. The number of nitrogens with one attached hydrogen (secondary N) is 2. The zero-order chi connectivity index (χ0) is 21.7. The number of ketones is 1. The molecule has 0 saturated carbocycles. The van der Waals surface area contributed by atoms with Gasteiger partial charge in [0.05, 0.1) is 12.1 Å². The van der Waals surface area contributed by atoms with E-state index in [1.54, 1.807) is 18.9 Å². The first-order valence-electron chi connectivity index (χ1n) is 10.8. The van der Waals surface area contributed by atoms with Gasteiger partial charge in [-0.2, -0.15) is 0 Å². The number of carbonyl (C=O) groups excluding carboxylic acids is 3. The molecule has 160 valence electrons. The van der Waals surface area contributed by atoms with Crippen LogP contribution in [0.5, 0.6) is 0 Å². The molecule has 0 aromatic heterocycles. The van der Waals surface area contributed by atoms with E-state index in [0.717, 1.165) is 19.3 Å². The molecule has 1 heterocycles. The van der Waals surface area contributed by atoms with Crippen molar-refractivity contribution in [2.24, 2.45) is 0 Å². The number of likely N-dealkylation sites (tertiary alicyclic amines) is 1. The molecular formula is C24H31N3O3. The zero-order valence-electron chi connectivity index (χ0n) is 17.8. The lowest BCUT2D eigenvalue weighted by molar-refractivity contribution is -0.149. The van der Waals surface area contributed by atoms with Gasteiger partial charge >= 0.3 is 0 Å². The van der Waals surface area contributed by atoms with Crippen molar-refractivity contribution in [2.75, 3.05) is 13.6 Å². The highest BCUT2D eigenvalue weighted by molar-refractivity contribution is 5.95. The lowest BCUT2D eigenvalue weighted by Crippen LogP contribution is -2.61. The summed E-state index contributed by atoms with van der Waals surface area (Å²) in [5.41, 5.74) is 2.60. The van der Waals surface area contributed by atoms with Gasteiger partial charge in [-0.15, -0.1) is 12.3 Å². The van der Waals surface area contributed by atoms with Crippen LogP contribution in [-0.4, -0.2) is 54.2 Å². The predicted molar refractivity (Wildman–Crippen MR) is 116 cm³/mol. The molecule has 1 saturated heterocycles. The van der Waals surface area contributed by atoms with Gasteiger partial charge in [0, 0.05) is 19.4 Å². The van der Waals surface area contributed by atoms with Crippen LogP contribution >= 0.6 is 0 Å². The van der Waals surface area contributed by atoms with E-state index in [0.29, 0.717) is 19.4 Å². The maximum atomic E-state index is 13.0. The number of carbonyl (C=O) groups is 3. The molecule has 2 amide bonds. The number of aryl methyl sites for hydroxylation is 1. The summed E-state index contributed by atoms with van der Waals surface area (Å²) >= 11 is 0. The summed E-state index contributed by atoms with van der Waals surface area (Å²) in [6.45, 7) is 2.24. The van der Waals surface area contributed by atoms with Crippen LogP contribution in [0.1, 0.15) is 56.1 Å². The van der Waals surface area contributed by atoms with E-state index in [1.807, 2.05) is 12.1 Å². The average Bonchev–Trinajstić information content (AvgIpc) is 2.72. The van der Waals surface area contributed by atoms with E-state index in [-0.39, 0.29) is 29.9 Å². The van der Waals surface area contributed by atoms with Crippen molar-refractivity contribution in [3.05, 3.63) is 35.4 Å². The molecule has 0 spiro atoms. The number of terminal acetylenes is 1. The quantitative estimate of drug-likeness (QED) is 0.642. The van der Waals surface area contributed by atoms with E-state index in [2.05, 4.69) is 28.7 Å². The van der Waals surface area contributed by atoms with Gasteiger partial charge in [-0.05, 0) is 56.7 Å². The first-order chi connectivity index (χ1) is 14.5. The van der Waals surface area contributed by atoms with Crippen LogP contribution in [0.2, 0.25) is 0 Å². The summed E-state index contributed by atoms with van der Waals surface area (Å²) in [5, 5.41) is 5.57. The standard InChI is InChI=1S/C24H31N3O3/c1-4-8-20(26-23(29)16(2)25-3)24(30)27-14-13-21(27)22(28)15-18-11-7-10-17-9-5-6-12-19(17)18/h1,5-6,9,12,16,18,20-21,25H,7-8,10-11,13-15H2,2-3H3,(H,26,29)/t16-,18-,20-,21-/m0/s1. The van der Waals surface area contributed by atoms with Crippen molar-refractivity contribution in [1.29, 1.82) is 0 Å². The highest BCUT2D eigenvalue weighted by Crippen LogP contribution is 2.35. The lowest BCUT2D eigenvalue weighted by atomic mass is 9.78. The zero-order valence-corrected chi connectivity index (χ0v) is 17.8. The summed E-state index contributed by atoms with van der Waals surface area (Å²) in [5.74, 6) is 2.24. The minimum absolute atomic E-state index is 0.102. The minimum Gasteiger partial charge on any atom is -0.342 e. The summed E-state index contributed by atoms with van der Waals surface area (Å²) < 4.78 is 0. The first kappa shape index (κ1) is 22.0. The molecule has 1 fully saturated rings. The fourth-order valence-corrected chi connectivity index (χ4v) is 4.38. The topological polar surface area (TPSA) is 78.5 Å². The van der Waals surface area contributed by atoms with Crippen molar-refractivity contribution in [3.63, 3.8) is 0 Å². The van der Waals surface area contributed by atoms with Gasteiger partial charge in [-0.3, -0.25) is 14.4 Å². The molecule has 1 aliphatic carbocycles. The number of rotatable bonds is 8. The molecule has 4 atom stereocenters. The maximum absolute atomic E-state index is 13.0. The largest absolute Gasteiger partial charge is 0.342 e. The van der Waals surface area contributed by atoms with Gasteiger partial charge in [-0.25, -0.2) is 0 Å². The molecule has 0 unspecified atom stereocenters. The van der Waals surface area contributed by atoms with Crippen LogP contribution in [-0.2, 0) is 20.8 Å². The van der Waals surface area contributed by atoms with Crippen LogP contribution in [0.25, 0.3) is 0 Å². The van der Waals surface area contributed by atoms with Crippen LogP contribution in [0.15, 0.2) is 24.3 Å². The normalized spacial score (nSPS) is 22.1. The fourth-order valence-electron chi connectivity index (χ4n) is 4.38. The average molecular weight is 410 g/mol. The molecule has 30 heavy (non-hydrogen) atoms. The summed E-state index contributed by atoms with van der Waals surface area (Å²) in [6.07, 6.45) is 9.80. The highest BCUT2D eigenvalue weighted by atomic mass is 16.2. The van der Waals surface area contributed by atoms with Crippen LogP contribution in [0.3, 0.4) is 0 Å². The number of hydrogen-bond donors (Lipinski definition) is 2. The van der Waals surface area contributed by atoms with Crippen molar-refractivity contribution < 1.29 is 14.4 Å². The third-order valence-electron chi connectivity index (χ3n) is 6.38. The summed E-state index contributed by atoms with van der Waals surface area (Å²) in [4.78, 5) is 39.8. The number of nitrogens with zero attached hydrogens (tertiary/aromatic N) is 1. The summed E-state index contributed by atoms with van der Waals surface area (Å²) in [6, 6.07) is 6.69. The van der Waals surface area contributed by atoms with Gasteiger partial charge in [-0.1, -0.05) is 24.3 Å². The van der Waals surface area contributed by atoms with Crippen LogP contribution in [0.4, 0.5) is 0 Å². The van der Waals surface area contributed by atoms with Gasteiger partial charge in [0.2, 0.25) is 11.8 Å². The summed E-state index contributed by atoms with van der Waals surface area (Å²) in [7, 11) is 1.68. The molecule has 1 aromatic rings. The van der Waals surface area contributed by atoms with Gasteiger partial charge in [0.15, 0.2) is 5.78 Å². The predicted octanol–water partition coefficient (Wildman–Crippen LogP) is 1.78. The Morgan fingerprint density at radius 1 is 1.27 bits per heavy atom. The Morgan fingerprint density at radius 2 is 2.03 bits per heavy atom. The smallest absolute Gasteiger partial charge is 0.246 e. The van der Waals surface area contributed by atoms with Crippen molar-refractivity contribution in [1.82, 2.24) is 15.5 Å². The highest BCUT2D eigenvalue weighted by Gasteiger charge is 2.41. The van der Waals surface area contributed by atoms with Crippen molar-refractivity contribution in [2.45, 2.75) is 69.5 Å². The van der Waals surface area contributed by atoms with Crippen molar-refractivity contribution in [3.8, 4) is 12.3 Å². The molecular weight excluding hydrogens is 378 g/mol. The van der Waals surface area contributed by atoms with Gasteiger partial charge < -0.3 is 15.5 Å². The van der Waals surface area contributed by atoms with Gasteiger partial charge in [0.1, 0.15) is 6.04 Å². The molecule has 1 aliphatic heterocycles. The number of amides is 2. The van der Waals surface area contributed by atoms with Crippen LogP contribution in [0, 0.1) is 12.3 Å². The first-order valence-corrected chi connectivity index (χ1v) is 10.8. The Hall–Kier alpha value is -2.65. The Bertz CT molecular complexity index is 844. The maximum Gasteiger partial charge on any atom is 0.246 e. The molecule has 2 aliphatic rings. The van der Waals surface area contributed by atoms with Gasteiger partial charge in [0.25, 0.3) is 0 Å². The number of Topliss-reactive ketones (excluding diaryl/α,β-unsaturated/α-hetero) is 1. The number of likely N-dealkylation sites (N-methyl/N-ethyl adjacent to an activating group) is 1. The molecule has 0 radical (unpaired) electrons. The molecule has 1 aromatic carbocycles. The number of hydrogen-bond acceptors (Lipinski definition) is 4. The second-order valence-electron chi connectivity index (χ2n) is 8.27. The van der Waals surface area contributed by atoms with E-state index in [1.165, 1.54) is 11.1 Å². The number of benzene rings is 1. The van der Waals surface area contributed by atoms with E-state index in [9.17, 15) is 14.4 Å². The third-order valence-corrected chi connectivity index (χ3v) is 6.38. The van der Waals surface area contributed by atoms with E-state index >= 15 is 0 Å². The molecule has 6 nitrogen and oxygen atoms in total. The molecule has 3 rings (SSSR count). The molecule has 6 heteroatoms. The monoisotopic (exact) mass is 409 g/mol. The fraction of sp³-hybridized carbons (Fsp3) is 0.542. The lowest BCUT2D eigenvalue weighted by Gasteiger charge is -2.42. The minimum atomic E-state index is -0.802. The number of fused-ring (bicyclic) bond motifs is 1. The Morgan fingerprint density at radius 3 is 2.70 bits per heavy atom. The van der Waals surface area contributed by atoms with Crippen molar-refractivity contribution >= 4 is 17.6 Å². The Labute approximate surface area is 178 Å². The third kappa shape index (κ3) is 4.73. The molecule has 2 N–H and O–H groups in total. The SMILES string of the molecule is C#CC[C@H](NC(=O)[C@H](C)NC)C(=O)N1CC[C@H]1C(=O)C[C@@H]1CCCc2ccccc21. The Kier molecular flexibility index (Phi) is 7.28. The van der Waals surface area contributed by atoms with Crippen LogP contribution < -0.4 is 10.6 Å². The van der Waals surface area contributed by atoms with E-state index < -0.39 is 18.1 Å². The molecule has 0 bridgehead atoms. The second-order valence-corrected chi connectivity index (χ2v) is 8.27. The van der Waals surface area contributed by atoms with E-state index in [4.69, 9.17) is 6.42 Å². The second kappa shape index (κ2) is 9.90.